The van der Waals surface area contributed by atoms with E-state index in [4.69, 9.17) is 0 Å². The van der Waals surface area contributed by atoms with Gasteiger partial charge in [0.15, 0.2) is 0 Å². The average Bonchev–Trinajstić information content (AvgIpc) is 3.27. The van der Waals surface area contributed by atoms with Crippen molar-refractivity contribution in [1.82, 2.24) is 19.7 Å². The van der Waals surface area contributed by atoms with Crippen LogP contribution in [-0.2, 0) is 0 Å². The molecule has 122 valence electrons. The number of hydrogen-bond acceptors (Lipinski definition) is 3. The summed E-state index contributed by atoms with van der Waals surface area (Å²) in [5.74, 6) is -0.691. The highest BCUT2D eigenvalue weighted by Gasteiger charge is 2.36. The van der Waals surface area contributed by atoms with Crippen molar-refractivity contribution in [3.05, 3.63) is 41.7 Å². The van der Waals surface area contributed by atoms with E-state index in [1.165, 1.54) is 28.9 Å². The molecule has 0 unspecified atom stereocenters. The first-order valence-electron chi connectivity index (χ1n) is 7.24. The molecule has 1 aromatic carbocycles. The molecule has 1 heterocycles. The van der Waals surface area contributed by atoms with Crippen LogP contribution in [0.4, 0.5) is 13.2 Å². The summed E-state index contributed by atoms with van der Waals surface area (Å²) < 4.78 is 39.7. The first-order valence-corrected chi connectivity index (χ1v) is 7.24. The Kier molecular flexibility index (Phi) is 4.06. The van der Waals surface area contributed by atoms with Crippen molar-refractivity contribution in [2.24, 2.45) is 0 Å². The first kappa shape index (κ1) is 15.5. The van der Waals surface area contributed by atoms with Gasteiger partial charge in [0.1, 0.15) is 11.6 Å². The van der Waals surface area contributed by atoms with Crippen LogP contribution in [0.1, 0.15) is 29.3 Å². The maximum atomic E-state index is 13.0. The molecule has 8 heteroatoms. The third-order valence-electron chi connectivity index (χ3n) is 3.61. The highest BCUT2D eigenvalue weighted by molar-refractivity contribution is 5.91. The number of aryl methyl sites for hydroxylation is 1. The van der Waals surface area contributed by atoms with Gasteiger partial charge in [-0.05, 0) is 44.0 Å². The molecule has 0 spiro atoms. The molecule has 0 N–H and O–H groups in total. The predicted molar refractivity (Wildman–Crippen MR) is 76.1 cm³/mol. The van der Waals surface area contributed by atoms with E-state index in [2.05, 4.69) is 10.1 Å². The van der Waals surface area contributed by atoms with Gasteiger partial charge < -0.3 is 4.90 Å². The minimum absolute atomic E-state index is 0.126. The van der Waals surface area contributed by atoms with Crippen LogP contribution in [0.3, 0.4) is 0 Å². The fraction of sp³-hybridized carbons (Fsp3) is 0.400. The van der Waals surface area contributed by atoms with Gasteiger partial charge in [0.25, 0.3) is 12.3 Å². The van der Waals surface area contributed by atoms with Crippen LogP contribution >= 0.6 is 0 Å². The first-order chi connectivity index (χ1) is 11.0. The average molecular weight is 324 g/mol. The van der Waals surface area contributed by atoms with Crippen molar-refractivity contribution in [3.63, 3.8) is 0 Å². The lowest BCUT2D eigenvalue weighted by Gasteiger charge is -2.20. The molecule has 1 fully saturated rings. The predicted octanol–water partition coefficient (Wildman–Crippen LogP) is 2.58. The second kappa shape index (κ2) is 6.02. The van der Waals surface area contributed by atoms with Crippen LogP contribution in [0, 0.1) is 12.7 Å². The lowest BCUT2D eigenvalue weighted by molar-refractivity contribution is 0.0524. The summed E-state index contributed by atoms with van der Waals surface area (Å²) in [6, 6.07) is 5.39. The largest absolute Gasteiger partial charge is 0.327 e. The maximum Gasteiger partial charge on any atom is 0.293 e. The molecular weight excluding hydrogens is 309 g/mol. The topological polar surface area (TPSA) is 51.0 Å². The molecule has 1 aliphatic carbocycles. The van der Waals surface area contributed by atoms with Crippen LogP contribution in [-0.4, -0.2) is 44.6 Å². The molecule has 1 aliphatic rings. The van der Waals surface area contributed by atoms with Gasteiger partial charge in [-0.2, -0.15) is 0 Å². The molecule has 0 aliphatic heterocycles. The highest BCUT2D eigenvalue weighted by Crippen LogP contribution is 2.28. The maximum absolute atomic E-state index is 13.0. The molecule has 3 rings (SSSR count). The molecule has 1 saturated carbocycles. The lowest BCUT2D eigenvalue weighted by atomic mass is 10.3. The number of carbonyl (C=O) groups excluding carboxylic acids is 1. The quantitative estimate of drug-likeness (QED) is 0.849. The third-order valence-corrected chi connectivity index (χ3v) is 3.61. The number of rotatable bonds is 5. The van der Waals surface area contributed by atoms with Crippen LogP contribution in [0.2, 0.25) is 0 Å². The summed E-state index contributed by atoms with van der Waals surface area (Å²) in [5, 5.41) is 4.09. The highest BCUT2D eigenvalue weighted by atomic mass is 19.3. The third kappa shape index (κ3) is 3.35. The van der Waals surface area contributed by atoms with Crippen molar-refractivity contribution in [1.29, 1.82) is 0 Å². The Morgan fingerprint density at radius 1 is 1.35 bits per heavy atom. The van der Waals surface area contributed by atoms with E-state index in [0.717, 1.165) is 17.7 Å². The second-order valence-corrected chi connectivity index (χ2v) is 5.45. The molecule has 0 saturated heterocycles. The number of benzene rings is 1. The summed E-state index contributed by atoms with van der Waals surface area (Å²) in [4.78, 5) is 17.6. The van der Waals surface area contributed by atoms with Gasteiger partial charge in [-0.15, -0.1) is 5.10 Å². The van der Waals surface area contributed by atoms with E-state index in [-0.39, 0.29) is 17.7 Å². The molecular formula is C15H15F3N4O. The van der Waals surface area contributed by atoms with Crippen molar-refractivity contribution >= 4 is 5.91 Å². The number of carbonyl (C=O) groups is 1. The zero-order chi connectivity index (χ0) is 16.6. The second-order valence-electron chi connectivity index (χ2n) is 5.45. The summed E-state index contributed by atoms with van der Waals surface area (Å²) >= 11 is 0. The van der Waals surface area contributed by atoms with Gasteiger partial charge in [-0.25, -0.2) is 22.8 Å². The molecule has 5 nitrogen and oxygen atoms in total. The Bertz CT molecular complexity index is 710. The van der Waals surface area contributed by atoms with Crippen LogP contribution < -0.4 is 0 Å². The van der Waals surface area contributed by atoms with Gasteiger partial charge in [0.2, 0.25) is 5.82 Å². The van der Waals surface area contributed by atoms with E-state index in [9.17, 15) is 18.0 Å². The number of nitrogens with zero attached hydrogens (tertiary/aromatic N) is 4. The van der Waals surface area contributed by atoms with Crippen molar-refractivity contribution in [2.75, 3.05) is 6.54 Å². The smallest absolute Gasteiger partial charge is 0.293 e. The molecule has 0 bridgehead atoms. The lowest BCUT2D eigenvalue weighted by Crippen LogP contribution is -2.37. The Balaban J connectivity index is 1.87. The number of aromatic nitrogens is 3. The van der Waals surface area contributed by atoms with E-state index in [1.54, 1.807) is 6.92 Å². The fourth-order valence-electron chi connectivity index (χ4n) is 2.37. The van der Waals surface area contributed by atoms with Gasteiger partial charge in [0.05, 0.1) is 12.2 Å². The number of hydrogen-bond donors (Lipinski definition) is 0. The monoisotopic (exact) mass is 324 g/mol. The summed E-state index contributed by atoms with van der Waals surface area (Å²) in [6.45, 7) is 1.02. The van der Waals surface area contributed by atoms with Gasteiger partial charge >= 0.3 is 0 Å². The minimum Gasteiger partial charge on any atom is -0.327 e. The minimum atomic E-state index is -2.60. The van der Waals surface area contributed by atoms with Crippen molar-refractivity contribution in [2.45, 2.75) is 32.2 Å². The number of amides is 1. The normalized spacial score (nSPS) is 14.3. The van der Waals surface area contributed by atoms with E-state index >= 15 is 0 Å². The molecule has 23 heavy (non-hydrogen) atoms. The van der Waals surface area contributed by atoms with Gasteiger partial charge in [0, 0.05) is 6.04 Å². The summed E-state index contributed by atoms with van der Waals surface area (Å²) in [5.41, 5.74) is 0.544. The van der Waals surface area contributed by atoms with Crippen molar-refractivity contribution in [3.8, 4) is 5.69 Å². The van der Waals surface area contributed by atoms with E-state index < -0.39 is 18.9 Å². The Morgan fingerprint density at radius 3 is 2.57 bits per heavy atom. The van der Waals surface area contributed by atoms with Crippen LogP contribution in [0.15, 0.2) is 24.3 Å². The Labute approximate surface area is 130 Å². The Morgan fingerprint density at radius 2 is 2.00 bits per heavy atom. The van der Waals surface area contributed by atoms with E-state index in [1.807, 2.05) is 0 Å². The zero-order valence-electron chi connectivity index (χ0n) is 12.4. The molecule has 0 atom stereocenters. The standard InChI is InChI=1S/C15H15F3N4O/c1-9-19-14(15(23)21(8-13(17)18)11-6-7-11)20-22(9)12-4-2-10(16)3-5-12/h2-5,11,13H,6-8H2,1H3. The summed E-state index contributed by atoms with van der Waals surface area (Å²) in [6.07, 6.45) is -1.16. The SMILES string of the molecule is Cc1nc(C(=O)N(CC(F)F)C2CC2)nn1-c1ccc(F)cc1. The number of halogens is 3. The van der Waals surface area contributed by atoms with Gasteiger partial charge in [-0.1, -0.05) is 0 Å². The number of alkyl halides is 2. The summed E-state index contributed by atoms with van der Waals surface area (Å²) in [7, 11) is 0. The molecule has 1 amide bonds. The van der Waals surface area contributed by atoms with Crippen molar-refractivity contribution < 1.29 is 18.0 Å². The zero-order valence-corrected chi connectivity index (χ0v) is 12.4. The van der Waals surface area contributed by atoms with Crippen LogP contribution in [0.5, 0.6) is 0 Å². The van der Waals surface area contributed by atoms with Crippen LogP contribution in [0.25, 0.3) is 5.69 Å². The fourth-order valence-corrected chi connectivity index (χ4v) is 2.37. The van der Waals surface area contributed by atoms with E-state index in [0.29, 0.717) is 11.5 Å². The molecule has 2 aromatic rings. The molecule has 1 aromatic heterocycles. The molecule has 0 radical (unpaired) electrons. The Hall–Kier alpha value is -2.38. The van der Waals surface area contributed by atoms with Gasteiger partial charge in [-0.3, -0.25) is 4.79 Å².